The maximum absolute atomic E-state index is 5.72. The summed E-state index contributed by atoms with van der Waals surface area (Å²) < 4.78 is 16.9. The number of hydrogen-bond acceptors (Lipinski definition) is 5. The number of rotatable bonds is 8. The van der Waals surface area contributed by atoms with Crippen LogP contribution in [0, 0.1) is 6.92 Å². The molecule has 0 atom stereocenters. The van der Waals surface area contributed by atoms with Gasteiger partial charge in [0.25, 0.3) is 0 Å². The van der Waals surface area contributed by atoms with Crippen molar-refractivity contribution in [1.82, 2.24) is 10.5 Å². The summed E-state index contributed by atoms with van der Waals surface area (Å²) in [7, 11) is 1.69. The van der Waals surface area contributed by atoms with E-state index in [9.17, 15) is 0 Å². The van der Waals surface area contributed by atoms with Crippen molar-refractivity contribution in [2.45, 2.75) is 20.1 Å². The van der Waals surface area contributed by atoms with E-state index in [0.29, 0.717) is 13.2 Å². The molecule has 1 aromatic heterocycles. The van der Waals surface area contributed by atoms with E-state index in [1.54, 1.807) is 7.11 Å². The zero-order valence-electron chi connectivity index (χ0n) is 12.2. The van der Waals surface area contributed by atoms with Gasteiger partial charge in [-0.15, -0.1) is 0 Å². The Morgan fingerprint density at radius 2 is 2.19 bits per heavy atom. The van der Waals surface area contributed by atoms with Gasteiger partial charge in [-0.3, -0.25) is 0 Å². The number of aromatic nitrogens is 1. The molecule has 0 amide bonds. The van der Waals surface area contributed by atoms with Crippen LogP contribution >= 0.6 is 15.9 Å². The SMILES string of the molecule is COCCNCc1cc(OCc2cc(C)no2)ccc1Br. The average molecular weight is 355 g/mol. The average Bonchev–Trinajstić information content (AvgIpc) is 2.89. The molecule has 0 fully saturated rings. The maximum atomic E-state index is 5.72. The van der Waals surface area contributed by atoms with Gasteiger partial charge in [0, 0.05) is 30.7 Å². The highest BCUT2D eigenvalue weighted by atomic mass is 79.9. The van der Waals surface area contributed by atoms with Crippen LogP contribution in [0.25, 0.3) is 0 Å². The molecule has 0 radical (unpaired) electrons. The third-order valence-corrected chi connectivity index (χ3v) is 3.65. The van der Waals surface area contributed by atoms with Crippen LogP contribution in [-0.4, -0.2) is 25.4 Å². The van der Waals surface area contributed by atoms with Gasteiger partial charge in [-0.25, -0.2) is 0 Å². The fourth-order valence-corrected chi connectivity index (χ4v) is 2.20. The van der Waals surface area contributed by atoms with Gasteiger partial charge in [-0.05, 0) is 30.7 Å². The molecule has 5 nitrogen and oxygen atoms in total. The Morgan fingerprint density at radius 3 is 2.90 bits per heavy atom. The number of halogens is 1. The number of benzene rings is 1. The van der Waals surface area contributed by atoms with E-state index < -0.39 is 0 Å². The van der Waals surface area contributed by atoms with E-state index >= 15 is 0 Å². The summed E-state index contributed by atoms with van der Waals surface area (Å²) in [5, 5.41) is 7.14. The maximum Gasteiger partial charge on any atom is 0.174 e. The van der Waals surface area contributed by atoms with Gasteiger partial charge < -0.3 is 19.3 Å². The van der Waals surface area contributed by atoms with Gasteiger partial charge in [-0.1, -0.05) is 21.1 Å². The summed E-state index contributed by atoms with van der Waals surface area (Å²) in [4.78, 5) is 0. The first-order valence-electron chi connectivity index (χ1n) is 6.72. The summed E-state index contributed by atoms with van der Waals surface area (Å²) in [6.45, 7) is 4.52. The summed E-state index contributed by atoms with van der Waals surface area (Å²) in [5.41, 5.74) is 1.99. The number of nitrogens with zero attached hydrogens (tertiary/aromatic N) is 1. The van der Waals surface area contributed by atoms with Crippen LogP contribution in [0.1, 0.15) is 17.0 Å². The Hall–Kier alpha value is -1.37. The molecule has 1 N–H and O–H groups in total. The second-order valence-electron chi connectivity index (χ2n) is 4.65. The zero-order chi connectivity index (χ0) is 15.1. The summed E-state index contributed by atoms with van der Waals surface area (Å²) in [6.07, 6.45) is 0. The van der Waals surface area contributed by atoms with Crippen molar-refractivity contribution in [2.24, 2.45) is 0 Å². The van der Waals surface area contributed by atoms with Crippen molar-refractivity contribution >= 4 is 15.9 Å². The topological polar surface area (TPSA) is 56.5 Å². The quantitative estimate of drug-likeness (QED) is 0.738. The lowest BCUT2D eigenvalue weighted by Gasteiger charge is -2.10. The van der Waals surface area contributed by atoms with Crippen LogP contribution in [-0.2, 0) is 17.9 Å². The van der Waals surface area contributed by atoms with Crippen molar-refractivity contribution in [1.29, 1.82) is 0 Å². The zero-order valence-corrected chi connectivity index (χ0v) is 13.8. The Labute approximate surface area is 132 Å². The minimum Gasteiger partial charge on any atom is -0.486 e. The minimum absolute atomic E-state index is 0.374. The minimum atomic E-state index is 0.374. The van der Waals surface area contributed by atoms with E-state index in [2.05, 4.69) is 26.4 Å². The van der Waals surface area contributed by atoms with Crippen molar-refractivity contribution < 1.29 is 14.0 Å². The number of nitrogens with one attached hydrogen (secondary N) is 1. The Bertz CT molecular complexity index is 572. The Kier molecular flexibility index (Phi) is 6.22. The lowest BCUT2D eigenvalue weighted by atomic mass is 10.2. The Balaban J connectivity index is 1.91. The fraction of sp³-hybridized carbons (Fsp3) is 0.400. The summed E-state index contributed by atoms with van der Waals surface area (Å²) >= 11 is 3.54. The molecule has 0 bridgehead atoms. The van der Waals surface area contributed by atoms with Crippen molar-refractivity contribution in [3.8, 4) is 5.75 Å². The molecule has 0 unspecified atom stereocenters. The third-order valence-electron chi connectivity index (χ3n) is 2.87. The van der Waals surface area contributed by atoms with Crippen molar-refractivity contribution in [3.05, 3.63) is 45.8 Å². The highest BCUT2D eigenvalue weighted by Gasteiger charge is 2.05. The second-order valence-corrected chi connectivity index (χ2v) is 5.50. The van der Waals surface area contributed by atoms with Crippen molar-refractivity contribution in [2.75, 3.05) is 20.3 Å². The smallest absolute Gasteiger partial charge is 0.174 e. The third kappa shape index (κ3) is 5.15. The van der Waals surface area contributed by atoms with Gasteiger partial charge in [0.1, 0.15) is 12.4 Å². The molecular formula is C15H19BrN2O3. The van der Waals surface area contributed by atoms with E-state index in [1.807, 2.05) is 31.2 Å². The molecule has 1 aromatic carbocycles. The molecule has 0 saturated heterocycles. The molecule has 6 heteroatoms. The molecule has 0 saturated carbocycles. The van der Waals surface area contributed by atoms with Crippen LogP contribution in [0.4, 0.5) is 0 Å². The highest BCUT2D eigenvalue weighted by molar-refractivity contribution is 9.10. The fourth-order valence-electron chi connectivity index (χ4n) is 1.81. The molecule has 2 rings (SSSR count). The van der Waals surface area contributed by atoms with Crippen LogP contribution < -0.4 is 10.1 Å². The van der Waals surface area contributed by atoms with Gasteiger partial charge in [-0.2, -0.15) is 0 Å². The van der Waals surface area contributed by atoms with Crippen molar-refractivity contribution in [3.63, 3.8) is 0 Å². The predicted molar refractivity (Wildman–Crippen MR) is 83.3 cm³/mol. The van der Waals surface area contributed by atoms with Crippen LogP contribution in [0.3, 0.4) is 0 Å². The number of ether oxygens (including phenoxy) is 2. The van der Waals surface area contributed by atoms with Gasteiger partial charge >= 0.3 is 0 Å². The largest absolute Gasteiger partial charge is 0.486 e. The second kappa shape index (κ2) is 8.17. The van der Waals surface area contributed by atoms with E-state index in [1.165, 1.54) is 0 Å². The molecule has 0 aliphatic heterocycles. The van der Waals surface area contributed by atoms with Crippen LogP contribution in [0.2, 0.25) is 0 Å². The van der Waals surface area contributed by atoms with Crippen LogP contribution in [0.15, 0.2) is 33.3 Å². The monoisotopic (exact) mass is 354 g/mol. The number of hydrogen-bond donors (Lipinski definition) is 1. The van der Waals surface area contributed by atoms with E-state index in [-0.39, 0.29) is 0 Å². The van der Waals surface area contributed by atoms with E-state index in [0.717, 1.165) is 40.3 Å². The number of aryl methyl sites for hydroxylation is 1. The molecule has 2 aromatic rings. The normalized spacial score (nSPS) is 10.8. The molecule has 0 spiro atoms. The molecule has 21 heavy (non-hydrogen) atoms. The predicted octanol–water partition coefficient (Wildman–Crippen LogP) is 3.06. The lowest BCUT2D eigenvalue weighted by Crippen LogP contribution is -2.18. The molecule has 114 valence electrons. The first-order valence-corrected chi connectivity index (χ1v) is 7.51. The molecular weight excluding hydrogens is 336 g/mol. The summed E-state index contributed by atoms with van der Waals surface area (Å²) in [5.74, 6) is 1.52. The van der Waals surface area contributed by atoms with E-state index in [4.69, 9.17) is 14.0 Å². The number of methoxy groups -OCH3 is 1. The molecule has 0 aliphatic rings. The molecule has 1 heterocycles. The molecule has 0 aliphatic carbocycles. The summed E-state index contributed by atoms with van der Waals surface area (Å²) in [6, 6.07) is 7.78. The highest BCUT2D eigenvalue weighted by Crippen LogP contribution is 2.23. The van der Waals surface area contributed by atoms with Gasteiger partial charge in [0.05, 0.1) is 12.3 Å². The Morgan fingerprint density at radius 1 is 1.33 bits per heavy atom. The first kappa shape index (κ1) is 16.0. The first-order chi connectivity index (χ1) is 10.2. The standard InChI is InChI=1S/C15H19BrN2O3/c1-11-7-14(21-18-11)10-20-13-3-4-15(16)12(8-13)9-17-5-6-19-2/h3-4,7-8,17H,5-6,9-10H2,1-2H3. The lowest BCUT2D eigenvalue weighted by molar-refractivity contribution is 0.199. The van der Waals surface area contributed by atoms with Crippen LogP contribution in [0.5, 0.6) is 5.75 Å². The van der Waals surface area contributed by atoms with Gasteiger partial charge in [0.2, 0.25) is 0 Å². The van der Waals surface area contributed by atoms with Gasteiger partial charge in [0.15, 0.2) is 5.76 Å².